The van der Waals surface area contributed by atoms with Crippen molar-refractivity contribution < 1.29 is 9.47 Å². The summed E-state index contributed by atoms with van der Waals surface area (Å²) < 4.78 is 10.8. The van der Waals surface area contributed by atoms with E-state index in [9.17, 15) is 0 Å². The number of hydrogen-bond donors (Lipinski definition) is 1. The predicted molar refractivity (Wildman–Crippen MR) is 52.7 cm³/mol. The summed E-state index contributed by atoms with van der Waals surface area (Å²) in [6.45, 7) is 2.74. The molecule has 1 atom stereocenters. The van der Waals surface area contributed by atoms with Gasteiger partial charge in [-0.2, -0.15) is 0 Å². The highest BCUT2D eigenvalue weighted by atomic mass is 16.5. The minimum absolute atomic E-state index is 0.212. The highest BCUT2D eigenvalue weighted by Gasteiger charge is 2.20. The molecule has 0 aromatic heterocycles. The lowest BCUT2D eigenvalue weighted by molar-refractivity contribution is -0.0532. The van der Waals surface area contributed by atoms with Gasteiger partial charge in [0.2, 0.25) is 0 Å². The number of methoxy groups -OCH3 is 1. The van der Waals surface area contributed by atoms with Gasteiger partial charge < -0.3 is 15.2 Å². The van der Waals surface area contributed by atoms with Crippen LogP contribution in [-0.4, -0.2) is 32.0 Å². The first-order valence-electron chi connectivity index (χ1n) is 5.12. The zero-order valence-electron chi connectivity index (χ0n) is 8.66. The van der Waals surface area contributed by atoms with Crippen molar-refractivity contribution in [2.24, 2.45) is 5.73 Å². The summed E-state index contributed by atoms with van der Waals surface area (Å²) in [5.74, 6) is 0. The first-order valence-corrected chi connectivity index (χ1v) is 5.12. The van der Waals surface area contributed by atoms with E-state index in [2.05, 4.69) is 6.92 Å². The van der Waals surface area contributed by atoms with Gasteiger partial charge in [-0.25, -0.2) is 0 Å². The summed E-state index contributed by atoms with van der Waals surface area (Å²) in [7, 11) is 1.71. The van der Waals surface area contributed by atoms with Crippen LogP contribution in [0.4, 0.5) is 0 Å². The van der Waals surface area contributed by atoms with Crippen molar-refractivity contribution in [3.63, 3.8) is 0 Å². The molecule has 13 heavy (non-hydrogen) atoms. The predicted octanol–water partition coefficient (Wildman–Crippen LogP) is 1.31. The van der Waals surface area contributed by atoms with Crippen molar-refractivity contribution in [3.05, 3.63) is 0 Å². The molecule has 1 aliphatic rings. The quantitative estimate of drug-likeness (QED) is 0.721. The Hall–Kier alpha value is -0.120. The van der Waals surface area contributed by atoms with Gasteiger partial charge in [-0.1, -0.05) is 0 Å². The normalized spacial score (nSPS) is 31.6. The van der Waals surface area contributed by atoms with Crippen molar-refractivity contribution in [1.82, 2.24) is 0 Å². The van der Waals surface area contributed by atoms with Gasteiger partial charge in [-0.05, 0) is 32.6 Å². The maximum absolute atomic E-state index is 5.81. The molecule has 0 aliphatic heterocycles. The van der Waals surface area contributed by atoms with Crippen molar-refractivity contribution in [1.29, 1.82) is 0 Å². The molecule has 0 radical (unpaired) electrons. The summed E-state index contributed by atoms with van der Waals surface area (Å²) in [5.41, 5.74) is 5.81. The molecule has 0 saturated heterocycles. The molecule has 1 aliphatic carbocycles. The second-order valence-electron chi connectivity index (χ2n) is 3.94. The third kappa shape index (κ3) is 4.07. The molecule has 1 saturated carbocycles. The van der Waals surface area contributed by atoms with Crippen molar-refractivity contribution in [2.45, 2.75) is 50.9 Å². The lowest BCUT2D eigenvalue weighted by Crippen LogP contribution is -2.32. The smallest absolute Gasteiger partial charge is 0.0784 e. The summed E-state index contributed by atoms with van der Waals surface area (Å²) in [6, 6.07) is 0.401. The van der Waals surface area contributed by atoms with Crippen LogP contribution in [0.2, 0.25) is 0 Å². The highest BCUT2D eigenvalue weighted by Crippen LogP contribution is 2.20. The van der Waals surface area contributed by atoms with Crippen LogP contribution in [0, 0.1) is 0 Å². The van der Waals surface area contributed by atoms with Crippen molar-refractivity contribution in [2.75, 3.05) is 13.7 Å². The van der Waals surface area contributed by atoms with E-state index < -0.39 is 0 Å². The number of rotatable bonds is 4. The van der Waals surface area contributed by atoms with Gasteiger partial charge in [0.05, 0.1) is 18.8 Å². The third-order valence-corrected chi connectivity index (χ3v) is 2.54. The highest BCUT2D eigenvalue weighted by molar-refractivity contribution is 4.75. The summed E-state index contributed by atoms with van der Waals surface area (Å²) >= 11 is 0. The number of hydrogen-bond acceptors (Lipinski definition) is 3. The lowest BCUT2D eigenvalue weighted by atomic mass is 9.93. The molecule has 3 heteroatoms. The van der Waals surface area contributed by atoms with Crippen LogP contribution in [0.3, 0.4) is 0 Å². The third-order valence-electron chi connectivity index (χ3n) is 2.54. The molecule has 0 heterocycles. The standard InChI is InChI=1S/C10H21NO2/c1-8(7-12-2)13-10-5-3-9(11)4-6-10/h8-10H,3-7,11H2,1-2H3. The van der Waals surface area contributed by atoms with Gasteiger partial charge in [0.1, 0.15) is 0 Å². The second-order valence-corrected chi connectivity index (χ2v) is 3.94. The minimum atomic E-state index is 0.212. The van der Waals surface area contributed by atoms with Gasteiger partial charge >= 0.3 is 0 Å². The first kappa shape index (κ1) is 11.0. The molecule has 0 spiro atoms. The fraction of sp³-hybridized carbons (Fsp3) is 1.00. The Morgan fingerprint density at radius 1 is 1.31 bits per heavy atom. The van der Waals surface area contributed by atoms with Gasteiger partial charge in [0.15, 0.2) is 0 Å². The number of nitrogens with two attached hydrogens (primary N) is 1. The molecule has 1 unspecified atom stereocenters. The molecule has 0 aromatic carbocycles. The summed E-state index contributed by atoms with van der Waals surface area (Å²) in [5, 5.41) is 0. The lowest BCUT2D eigenvalue weighted by Gasteiger charge is -2.28. The maximum Gasteiger partial charge on any atom is 0.0784 e. The van der Waals surface area contributed by atoms with Crippen molar-refractivity contribution >= 4 is 0 Å². The number of ether oxygens (including phenoxy) is 2. The fourth-order valence-corrected chi connectivity index (χ4v) is 1.83. The average molecular weight is 187 g/mol. The Bertz CT molecular complexity index is 133. The Morgan fingerprint density at radius 2 is 1.92 bits per heavy atom. The molecule has 0 aromatic rings. The van der Waals surface area contributed by atoms with Crippen LogP contribution >= 0.6 is 0 Å². The van der Waals surface area contributed by atoms with Crippen molar-refractivity contribution in [3.8, 4) is 0 Å². The summed E-state index contributed by atoms with van der Waals surface area (Å²) in [4.78, 5) is 0. The van der Waals surface area contributed by atoms with Crippen LogP contribution in [0.15, 0.2) is 0 Å². The van der Waals surface area contributed by atoms with Crippen LogP contribution in [0.5, 0.6) is 0 Å². The second kappa shape index (κ2) is 5.58. The monoisotopic (exact) mass is 187 g/mol. The summed E-state index contributed by atoms with van der Waals surface area (Å²) in [6.07, 6.45) is 5.04. The molecule has 3 nitrogen and oxygen atoms in total. The topological polar surface area (TPSA) is 44.5 Å². The average Bonchev–Trinajstić information content (AvgIpc) is 2.09. The Balaban J connectivity index is 2.14. The van der Waals surface area contributed by atoms with E-state index in [0.717, 1.165) is 25.7 Å². The van der Waals surface area contributed by atoms with E-state index in [1.54, 1.807) is 7.11 Å². The van der Waals surface area contributed by atoms with Gasteiger partial charge in [0, 0.05) is 13.2 Å². The van der Waals surface area contributed by atoms with E-state index in [1.807, 2.05) is 0 Å². The van der Waals surface area contributed by atoms with Crippen LogP contribution in [0.25, 0.3) is 0 Å². The van der Waals surface area contributed by atoms with Crippen LogP contribution in [0.1, 0.15) is 32.6 Å². The molecule has 2 N–H and O–H groups in total. The SMILES string of the molecule is COCC(C)OC1CCC(N)CC1. The molecule has 1 rings (SSSR count). The molecule has 78 valence electrons. The largest absolute Gasteiger partial charge is 0.382 e. The van der Waals surface area contributed by atoms with Gasteiger partial charge in [-0.15, -0.1) is 0 Å². The molecule has 1 fully saturated rings. The van der Waals surface area contributed by atoms with Crippen LogP contribution < -0.4 is 5.73 Å². The van der Waals surface area contributed by atoms with Gasteiger partial charge in [0.25, 0.3) is 0 Å². The molecular weight excluding hydrogens is 166 g/mol. The van der Waals surface area contributed by atoms with E-state index in [-0.39, 0.29) is 6.10 Å². The van der Waals surface area contributed by atoms with Crippen LogP contribution in [-0.2, 0) is 9.47 Å². The molecule has 0 amide bonds. The van der Waals surface area contributed by atoms with E-state index in [4.69, 9.17) is 15.2 Å². The Morgan fingerprint density at radius 3 is 2.46 bits per heavy atom. The molecular formula is C10H21NO2. The Kier molecular flexibility index (Phi) is 4.70. The zero-order chi connectivity index (χ0) is 9.68. The first-order chi connectivity index (χ1) is 6.22. The fourth-order valence-electron chi connectivity index (χ4n) is 1.83. The van der Waals surface area contributed by atoms with E-state index in [1.165, 1.54) is 0 Å². The maximum atomic E-state index is 5.81. The van der Waals surface area contributed by atoms with E-state index >= 15 is 0 Å². The zero-order valence-corrected chi connectivity index (χ0v) is 8.66. The molecule has 0 bridgehead atoms. The van der Waals surface area contributed by atoms with E-state index in [0.29, 0.717) is 18.8 Å². The minimum Gasteiger partial charge on any atom is -0.382 e. The Labute approximate surface area is 80.6 Å². The van der Waals surface area contributed by atoms with Gasteiger partial charge in [-0.3, -0.25) is 0 Å².